The highest BCUT2D eigenvalue weighted by molar-refractivity contribution is 5.76. The van der Waals surface area contributed by atoms with Gasteiger partial charge in [-0.25, -0.2) is 0 Å². The van der Waals surface area contributed by atoms with Crippen LogP contribution in [0.4, 0.5) is 0 Å². The first-order valence-corrected chi connectivity index (χ1v) is 6.50. The van der Waals surface area contributed by atoms with Crippen molar-refractivity contribution in [2.45, 2.75) is 51.9 Å². The van der Waals surface area contributed by atoms with Crippen LogP contribution in [0.25, 0.3) is 0 Å². The van der Waals surface area contributed by atoms with Crippen LogP contribution in [-0.2, 0) is 11.2 Å². The average Bonchev–Trinajstić information content (AvgIpc) is 2.31. The quantitative estimate of drug-likeness (QED) is 0.774. The van der Waals surface area contributed by atoms with Crippen LogP contribution >= 0.6 is 0 Å². The van der Waals surface area contributed by atoms with Gasteiger partial charge in [0.25, 0.3) is 0 Å². The summed E-state index contributed by atoms with van der Waals surface area (Å²) in [6.07, 6.45) is 4.93. The van der Waals surface area contributed by atoms with Crippen molar-refractivity contribution in [3.05, 3.63) is 35.4 Å². The molecule has 94 valence electrons. The standard InChI is InChI=1S/C15H22O2/c1-3-5-7-14(15(16)17)13-10-8-12(6-4-2)9-11-13/h8-11,14H,3-7H2,1-2H3,(H,16,17). The third-order valence-corrected chi connectivity index (χ3v) is 3.07. The van der Waals surface area contributed by atoms with Crippen LogP contribution in [0.3, 0.4) is 0 Å². The number of aryl methyl sites for hydroxylation is 1. The van der Waals surface area contributed by atoms with E-state index in [1.165, 1.54) is 5.56 Å². The van der Waals surface area contributed by atoms with Gasteiger partial charge in [-0.1, -0.05) is 57.4 Å². The van der Waals surface area contributed by atoms with Gasteiger partial charge in [0.05, 0.1) is 5.92 Å². The lowest BCUT2D eigenvalue weighted by molar-refractivity contribution is -0.139. The van der Waals surface area contributed by atoms with E-state index in [9.17, 15) is 9.90 Å². The normalized spacial score (nSPS) is 12.4. The van der Waals surface area contributed by atoms with E-state index in [-0.39, 0.29) is 5.92 Å². The predicted molar refractivity (Wildman–Crippen MR) is 70.3 cm³/mol. The maximum absolute atomic E-state index is 11.2. The minimum Gasteiger partial charge on any atom is -0.481 e. The number of carbonyl (C=O) groups is 1. The summed E-state index contributed by atoms with van der Waals surface area (Å²) in [5.41, 5.74) is 2.22. The van der Waals surface area contributed by atoms with E-state index in [0.29, 0.717) is 0 Å². The fourth-order valence-corrected chi connectivity index (χ4v) is 2.05. The fourth-order valence-electron chi connectivity index (χ4n) is 2.05. The third kappa shape index (κ3) is 4.22. The molecule has 0 fully saturated rings. The molecule has 0 aliphatic heterocycles. The number of aliphatic carboxylic acids is 1. The van der Waals surface area contributed by atoms with Crippen LogP contribution in [0, 0.1) is 0 Å². The van der Waals surface area contributed by atoms with E-state index >= 15 is 0 Å². The molecule has 0 heterocycles. The molecular weight excluding hydrogens is 212 g/mol. The molecule has 1 atom stereocenters. The Balaban J connectivity index is 2.76. The first-order valence-electron chi connectivity index (χ1n) is 6.50. The summed E-state index contributed by atoms with van der Waals surface area (Å²) in [7, 11) is 0. The monoisotopic (exact) mass is 234 g/mol. The molecule has 0 aliphatic carbocycles. The molecule has 2 nitrogen and oxygen atoms in total. The maximum atomic E-state index is 11.2. The number of hydrogen-bond donors (Lipinski definition) is 1. The number of unbranched alkanes of at least 4 members (excludes halogenated alkanes) is 1. The Bertz CT molecular complexity index is 340. The molecule has 1 rings (SSSR count). The second-order valence-corrected chi connectivity index (χ2v) is 4.52. The minimum absolute atomic E-state index is 0.342. The third-order valence-electron chi connectivity index (χ3n) is 3.07. The molecule has 17 heavy (non-hydrogen) atoms. The Kier molecular flexibility index (Phi) is 5.75. The lowest BCUT2D eigenvalue weighted by atomic mass is 9.92. The lowest BCUT2D eigenvalue weighted by Gasteiger charge is -2.12. The summed E-state index contributed by atoms with van der Waals surface area (Å²) in [5, 5.41) is 9.23. The van der Waals surface area contributed by atoms with Crippen molar-refractivity contribution >= 4 is 5.97 Å². The van der Waals surface area contributed by atoms with Gasteiger partial charge in [-0.3, -0.25) is 4.79 Å². The molecule has 0 aromatic heterocycles. The van der Waals surface area contributed by atoms with Crippen molar-refractivity contribution < 1.29 is 9.90 Å². The van der Waals surface area contributed by atoms with Gasteiger partial charge in [-0.15, -0.1) is 0 Å². The summed E-state index contributed by atoms with van der Waals surface area (Å²) in [5.74, 6) is -1.05. The number of hydrogen-bond acceptors (Lipinski definition) is 1. The summed E-state index contributed by atoms with van der Waals surface area (Å²) in [4.78, 5) is 11.2. The molecule has 0 amide bonds. The van der Waals surface area contributed by atoms with Gasteiger partial charge >= 0.3 is 5.97 Å². The number of rotatable bonds is 7. The molecule has 0 bridgehead atoms. The smallest absolute Gasteiger partial charge is 0.310 e. The number of benzene rings is 1. The number of carboxylic acids is 1. The Morgan fingerprint density at radius 1 is 1.18 bits per heavy atom. The average molecular weight is 234 g/mol. The van der Waals surface area contributed by atoms with E-state index in [1.54, 1.807) is 0 Å². The second kappa shape index (κ2) is 7.10. The van der Waals surface area contributed by atoms with E-state index in [2.05, 4.69) is 26.0 Å². The first kappa shape index (κ1) is 13.8. The second-order valence-electron chi connectivity index (χ2n) is 4.52. The van der Waals surface area contributed by atoms with Gasteiger partial charge < -0.3 is 5.11 Å². The molecule has 1 N–H and O–H groups in total. The molecule has 0 aliphatic rings. The van der Waals surface area contributed by atoms with Crippen LogP contribution in [0.15, 0.2) is 24.3 Å². The highest BCUT2D eigenvalue weighted by Crippen LogP contribution is 2.23. The summed E-state index contributed by atoms with van der Waals surface area (Å²) < 4.78 is 0. The Labute approximate surface area is 104 Å². The van der Waals surface area contributed by atoms with E-state index in [1.807, 2.05) is 12.1 Å². The number of carboxylic acid groups (broad SMARTS) is 1. The van der Waals surface area contributed by atoms with Crippen LogP contribution in [0.2, 0.25) is 0 Å². The van der Waals surface area contributed by atoms with Crippen molar-refractivity contribution in [1.82, 2.24) is 0 Å². The Morgan fingerprint density at radius 3 is 2.29 bits per heavy atom. The Hall–Kier alpha value is -1.31. The maximum Gasteiger partial charge on any atom is 0.310 e. The molecule has 0 spiro atoms. The summed E-state index contributed by atoms with van der Waals surface area (Å²) in [6.45, 7) is 4.23. The van der Waals surface area contributed by atoms with Crippen LogP contribution in [0.1, 0.15) is 56.6 Å². The summed E-state index contributed by atoms with van der Waals surface area (Å²) in [6, 6.07) is 8.06. The molecular formula is C15H22O2. The van der Waals surface area contributed by atoms with Crippen LogP contribution in [-0.4, -0.2) is 11.1 Å². The van der Waals surface area contributed by atoms with Gasteiger partial charge in [0.2, 0.25) is 0 Å². The predicted octanol–water partition coefficient (Wildman–Crippen LogP) is 4.00. The van der Waals surface area contributed by atoms with E-state index in [4.69, 9.17) is 0 Å². The molecule has 1 unspecified atom stereocenters. The molecule has 2 heteroatoms. The van der Waals surface area contributed by atoms with Gasteiger partial charge in [0.1, 0.15) is 0 Å². The van der Waals surface area contributed by atoms with Crippen LogP contribution < -0.4 is 0 Å². The van der Waals surface area contributed by atoms with Crippen molar-refractivity contribution in [3.63, 3.8) is 0 Å². The molecule has 0 radical (unpaired) electrons. The van der Waals surface area contributed by atoms with Gasteiger partial charge in [0, 0.05) is 0 Å². The zero-order valence-corrected chi connectivity index (χ0v) is 10.8. The fraction of sp³-hybridized carbons (Fsp3) is 0.533. The van der Waals surface area contributed by atoms with E-state index < -0.39 is 5.97 Å². The minimum atomic E-state index is -0.707. The SMILES string of the molecule is CCCCC(C(=O)O)c1ccc(CCC)cc1. The summed E-state index contributed by atoms with van der Waals surface area (Å²) >= 11 is 0. The molecule has 1 aromatic rings. The zero-order valence-electron chi connectivity index (χ0n) is 10.8. The van der Waals surface area contributed by atoms with Crippen molar-refractivity contribution in [2.75, 3.05) is 0 Å². The van der Waals surface area contributed by atoms with Crippen molar-refractivity contribution in [3.8, 4) is 0 Å². The van der Waals surface area contributed by atoms with Gasteiger partial charge in [0.15, 0.2) is 0 Å². The van der Waals surface area contributed by atoms with Crippen molar-refractivity contribution in [1.29, 1.82) is 0 Å². The van der Waals surface area contributed by atoms with E-state index in [0.717, 1.165) is 37.7 Å². The highest BCUT2D eigenvalue weighted by atomic mass is 16.4. The largest absolute Gasteiger partial charge is 0.481 e. The highest BCUT2D eigenvalue weighted by Gasteiger charge is 2.18. The molecule has 0 saturated carbocycles. The molecule has 1 aromatic carbocycles. The first-order chi connectivity index (χ1) is 8.19. The van der Waals surface area contributed by atoms with Gasteiger partial charge in [-0.2, -0.15) is 0 Å². The van der Waals surface area contributed by atoms with Crippen LogP contribution in [0.5, 0.6) is 0 Å². The molecule has 0 saturated heterocycles. The van der Waals surface area contributed by atoms with Crippen molar-refractivity contribution in [2.24, 2.45) is 0 Å². The lowest BCUT2D eigenvalue weighted by Crippen LogP contribution is -2.11. The zero-order chi connectivity index (χ0) is 12.7. The Morgan fingerprint density at radius 2 is 1.82 bits per heavy atom. The topological polar surface area (TPSA) is 37.3 Å². The van der Waals surface area contributed by atoms with Gasteiger partial charge in [-0.05, 0) is 24.0 Å².